The van der Waals surface area contributed by atoms with Crippen molar-refractivity contribution < 1.29 is 13.9 Å². The number of hydrogen-bond donors (Lipinski definition) is 1. The van der Waals surface area contributed by atoms with Gasteiger partial charge in [0.25, 0.3) is 0 Å². The monoisotopic (exact) mass is 265 g/mol. The largest absolute Gasteiger partial charge is 0.325 e. The molecule has 0 spiro atoms. The molecule has 0 aromatic carbocycles. The maximum Gasteiger partial charge on any atom is 0.325 e. The van der Waals surface area contributed by atoms with E-state index in [2.05, 4.69) is 0 Å². The van der Waals surface area contributed by atoms with Crippen molar-refractivity contribution in [2.24, 2.45) is 0 Å². The van der Waals surface area contributed by atoms with Gasteiger partial charge >= 0.3 is 6.72 Å². The Morgan fingerprint density at radius 3 is 1.64 bits per heavy atom. The molecule has 2 unspecified atom stereocenters. The molecule has 6 heteroatoms. The second-order valence-electron chi connectivity index (χ2n) is 3.12. The van der Waals surface area contributed by atoms with Gasteiger partial charge in [-0.05, 0) is 38.5 Å². The van der Waals surface area contributed by atoms with Crippen LogP contribution >= 0.6 is 6.72 Å². The smallest absolute Gasteiger partial charge is 0.324 e. The molecule has 2 atom stereocenters. The Bertz CT molecular complexity index is 175. The first-order valence-electron chi connectivity index (χ1n) is 4.60. The fourth-order valence-electron chi connectivity index (χ4n) is 0.629. The molecular formula is C8H19KO3PS. The molecule has 0 aromatic heterocycles. The van der Waals surface area contributed by atoms with Crippen molar-refractivity contribution in [3.63, 3.8) is 0 Å². The zero-order chi connectivity index (χ0) is 10.5. The van der Waals surface area contributed by atoms with E-state index < -0.39 is 6.72 Å². The van der Waals surface area contributed by atoms with Gasteiger partial charge in [-0.1, -0.05) is 13.8 Å². The van der Waals surface area contributed by atoms with Gasteiger partial charge in [-0.25, -0.2) is 0 Å². The van der Waals surface area contributed by atoms with E-state index in [4.69, 9.17) is 20.9 Å². The van der Waals surface area contributed by atoms with Gasteiger partial charge in [0.05, 0.1) is 12.2 Å². The van der Waals surface area contributed by atoms with Gasteiger partial charge < -0.3 is 13.9 Å². The summed E-state index contributed by atoms with van der Waals surface area (Å²) in [6.07, 6.45) is 1.56. The third-order valence-electron chi connectivity index (χ3n) is 1.78. The van der Waals surface area contributed by atoms with Gasteiger partial charge in [-0.15, -0.1) is 0 Å². The number of hydrogen-bond acceptors (Lipinski definition) is 3. The van der Waals surface area contributed by atoms with E-state index in [1.807, 2.05) is 27.7 Å². The average Bonchev–Trinajstić information content (AvgIpc) is 2.02. The van der Waals surface area contributed by atoms with Crippen LogP contribution in [0.2, 0.25) is 0 Å². The zero-order valence-corrected chi connectivity index (χ0v) is 14.5. The Morgan fingerprint density at radius 2 is 1.43 bits per heavy atom. The molecule has 0 bridgehead atoms. The molecule has 1 radical (unpaired) electrons. The third kappa shape index (κ3) is 9.40. The Labute approximate surface area is 135 Å². The molecule has 0 aliphatic rings. The SMILES string of the molecule is CCC(C)OP(O)(=S)OC(C)CC.[K]. The quantitative estimate of drug-likeness (QED) is 0.591. The Kier molecular flexibility index (Phi) is 12.2. The summed E-state index contributed by atoms with van der Waals surface area (Å²) in [5.41, 5.74) is 0. The molecule has 0 aliphatic carbocycles. The van der Waals surface area contributed by atoms with Crippen LogP contribution in [0.15, 0.2) is 0 Å². The molecule has 1 N–H and O–H groups in total. The predicted octanol–water partition coefficient (Wildman–Crippen LogP) is 2.45. The standard InChI is InChI=1S/C8H19O3PS.K/c1-5-7(3)10-12(9,13)11-8(4)6-2;/h7-8H,5-6H2,1-4H3,(H,9,13);. The summed E-state index contributed by atoms with van der Waals surface area (Å²) in [5, 5.41) is 0. The zero-order valence-electron chi connectivity index (χ0n) is 9.69. The van der Waals surface area contributed by atoms with Crippen molar-refractivity contribution in [3.05, 3.63) is 0 Å². The van der Waals surface area contributed by atoms with Crippen molar-refractivity contribution in [1.29, 1.82) is 0 Å². The summed E-state index contributed by atoms with van der Waals surface area (Å²) in [6.45, 7) is 4.69. The van der Waals surface area contributed by atoms with Crippen molar-refractivity contribution in [2.75, 3.05) is 0 Å². The first kappa shape index (κ1) is 18.5. The summed E-state index contributed by atoms with van der Waals surface area (Å²) in [4.78, 5) is 9.60. The molecule has 0 fully saturated rings. The van der Waals surface area contributed by atoms with Crippen LogP contribution in [-0.4, -0.2) is 68.5 Å². The minimum absolute atomic E-state index is 0. The van der Waals surface area contributed by atoms with E-state index in [9.17, 15) is 4.89 Å². The van der Waals surface area contributed by atoms with Gasteiger partial charge in [-0.2, -0.15) is 0 Å². The molecule has 0 saturated carbocycles. The van der Waals surface area contributed by atoms with Gasteiger partial charge in [0.2, 0.25) is 0 Å². The molecule has 0 aromatic rings. The molecule has 0 aliphatic heterocycles. The van der Waals surface area contributed by atoms with E-state index in [1.54, 1.807) is 0 Å². The van der Waals surface area contributed by atoms with Crippen molar-refractivity contribution in [1.82, 2.24) is 0 Å². The minimum atomic E-state index is -3.00. The Balaban J connectivity index is 0. The molecule has 0 heterocycles. The topological polar surface area (TPSA) is 38.7 Å². The van der Waals surface area contributed by atoms with E-state index in [-0.39, 0.29) is 63.6 Å². The second-order valence-corrected chi connectivity index (χ2v) is 5.86. The molecule has 14 heavy (non-hydrogen) atoms. The van der Waals surface area contributed by atoms with Crippen LogP contribution < -0.4 is 0 Å². The maximum absolute atomic E-state index is 9.60. The molecule has 0 amide bonds. The van der Waals surface area contributed by atoms with Crippen molar-refractivity contribution in [3.8, 4) is 0 Å². The first-order valence-corrected chi connectivity index (χ1v) is 7.20. The summed E-state index contributed by atoms with van der Waals surface area (Å²) in [5.74, 6) is 0. The first-order chi connectivity index (χ1) is 5.91. The van der Waals surface area contributed by atoms with Crippen molar-refractivity contribution >= 4 is 69.9 Å². The summed E-state index contributed by atoms with van der Waals surface area (Å²) in [7, 11) is 0. The summed E-state index contributed by atoms with van der Waals surface area (Å²) in [6, 6.07) is 0. The van der Waals surface area contributed by atoms with E-state index >= 15 is 0 Å². The van der Waals surface area contributed by atoms with Crippen LogP contribution in [-0.2, 0) is 20.9 Å². The maximum atomic E-state index is 9.60. The molecular weight excluding hydrogens is 246 g/mol. The Hall–Kier alpha value is 2.17. The predicted molar refractivity (Wildman–Crippen MR) is 63.9 cm³/mol. The number of rotatable bonds is 6. The molecule has 81 valence electrons. The van der Waals surface area contributed by atoms with E-state index in [0.29, 0.717) is 0 Å². The normalized spacial score (nSPS) is 19.2. The molecule has 0 rings (SSSR count). The Morgan fingerprint density at radius 1 is 1.14 bits per heavy atom. The van der Waals surface area contributed by atoms with Crippen LogP contribution in [0.1, 0.15) is 40.5 Å². The van der Waals surface area contributed by atoms with Crippen LogP contribution in [0, 0.1) is 0 Å². The van der Waals surface area contributed by atoms with Gasteiger partial charge in [-0.3, -0.25) is 0 Å². The van der Waals surface area contributed by atoms with Gasteiger partial charge in [0.15, 0.2) is 0 Å². The summed E-state index contributed by atoms with van der Waals surface area (Å²) < 4.78 is 10.4. The second kappa shape index (κ2) is 9.22. The fraction of sp³-hybridized carbons (Fsp3) is 1.00. The molecule has 3 nitrogen and oxygen atoms in total. The van der Waals surface area contributed by atoms with E-state index in [0.717, 1.165) is 12.8 Å². The fourth-order valence-corrected chi connectivity index (χ4v) is 2.77. The van der Waals surface area contributed by atoms with Crippen LogP contribution in [0.4, 0.5) is 0 Å². The molecule has 0 saturated heterocycles. The van der Waals surface area contributed by atoms with Crippen molar-refractivity contribution in [2.45, 2.75) is 52.7 Å². The minimum Gasteiger partial charge on any atom is -0.324 e. The summed E-state index contributed by atoms with van der Waals surface area (Å²) >= 11 is 4.85. The van der Waals surface area contributed by atoms with Crippen LogP contribution in [0.3, 0.4) is 0 Å². The third-order valence-corrected chi connectivity index (χ3v) is 3.55. The van der Waals surface area contributed by atoms with E-state index in [1.165, 1.54) is 0 Å². The van der Waals surface area contributed by atoms with Crippen LogP contribution in [0.25, 0.3) is 0 Å². The van der Waals surface area contributed by atoms with Gasteiger partial charge in [0, 0.05) is 51.4 Å². The average molecular weight is 265 g/mol. The van der Waals surface area contributed by atoms with Gasteiger partial charge in [0.1, 0.15) is 0 Å². The van der Waals surface area contributed by atoms with Crippen LogP contribution in [0.5, 0.6) is 0 Å².